The van der Waals surface area contributed by atoms with Gasteiger partial charge in [0.25, 0.3) is 0 Å². The molecule has 0 heterocycles. The minimum absolute atomic E-state index is 0. The molecular weight excluding hydrogens is 317 g/mol. The van der Waals surface area contributed by atoms with Gasteiger partial charge in [-0.15, -0.1) is 0 Å². The predicted molar refractivity (Wildman–Crippen MR) is 44.0 cm³/mol. The van der Waals surface area contributed by atoms with E-state index in [1.54, 1.807) is 0 Å². The third kappa shape index (κ3) is 3.24. The van der Waals surface area contributed by atoms with Crippen molar-refractivity contribution in [2.24, 2.45) is 0 Å². The van der Waals surface area contributed by atoms with Crippen molar-refractivity contribution in [2.75, 3.05) is 0 Å². The van der Waals surface area contributed by atoms with Crippen LogP contribution >= 0.6 is 0 Å². The Labute approximate surface area is 84.5 Å². The molecule has 0 radical (unpaired) electrons. The molecule has 1 aromatic rings. The van der Waals surface area contributed by atoms with Crippen molar-refractivity contribution in [3.8, 4) is 0 Å². The molecule has 0 N–H and O–H groups in total. The van der Waals surface area contributed by atoms with Crippen LogP contribution in [0.5, 0.6) is 0 Å². The van der Waals surface area contributed by atoms with Crippen LogP contribution in [-0.4, -0.2) is 0 Å². The SMILES string of the molecule is CC(C)(C)c1cc[c-]cc1.[Au+]. The van der Waals surface area contributed by atoms with Crippen LogP contribution < -0.4 is 0 Å². The van der Waals surface area contributed by atoms with Gasteiger partial charge in [0.2, 0.25) is 0 Å². The van der Waals surface area contributed by atoms with Gasteiger partial charge in [-0.25, -0.2) is 0 Å². The van der Waals surface area contributed by atoms with Crippen LogP contribution in [0.15, 0.2) is 24.3 Å². The van der Waals surface area contributed by atoms with Gasteiger partial charge < -0.3 is 0 Å². The molecule has 11 heavy (non-hydrogen) atoms. The summed E-state index contributed by atoms with van der Waals surface area (Å²) in [6, 6.07) is 11.1. The van der Waals surface area contributed by atoms with Crippen molar-refractivity contribution in [1.82, 2.24) is 0 Å². The van der Waals surface area contributed by atoms with Gasteiger partial charge in [-0.1, -0.05) is 20.8 Å². The van der Waals surface area contributed by atoms with Crippen molar-refractivity contribution in [1.29, 1.82) is 0 Å². The van der Waals surface area contributed by atoms with Crippen LogP contribution in [0.25, 0.3) is 0 Å². The molecule has 0 nitrogen and oxygen atoms in total. The van der Waals surface area contributed by atoms with E-state index in [-0.39, 0.29) is 27.8 Å². The first-order chi connectivity index (χ1) is 4.61. The molecule has 0 aliphatic carbocycles. The largest absolute Gasteiger partial charge is 1.00 e. The maximum Gasteiger partial charge on any atom is 1.00 e. The van der Waals surface area contributed by atoms with Crippen LogP contribution in [-0.2, 0) is 27.8 Å². The van der Waals surface area contributed by atoms with E-state index in [9.17, 15) is 0 Å². The molecule has 0 fully saturated rings. The fraction of sp³-hybridized carbons (Fsp3) is 0.400. The minimum Gasteiger partial charge on any atom is -0.184 e. The van der Waals surface area contributed by atoms with Gasteiger partial charge in [0.05, 0.1) is 0 Å². The van der Waals surface area contributed by atoms with Gasteiger partial charge in [0, 0.05) is 0 Å². The summed E-state index contributed by atoms with van der Waals surface area (Å²) >= 11 is 0. The molecule has 0 aromatic heterocycles. The van der Waals surface area contributed by atoms with Gasteiger partial charge in [-0.3, -0.25) is 0 Å². The Morgan fingerprint density at radius 2 is 1.55 bits per heavy atom. The van der Waals surface area contributed by atoms with Gasteiger partial charge in [0.1, 0.15) is 0 Å². The molecule has 0 aliphatic rings. The predicted octanol–water partition coefficient (Wildman–Crippen LogP) is 2.78. The molecule has 64 valence electrons. The Morgan fingerprint density at radius 3 is 1.82 bits per heavy atom. The summed E-state index contributed by atoms with van der Waals surface area (Å²) in [6.45, 7) is 6.63. The summed E-state index contributed by atoms with van der Waals surface area (Å²) in [5, 5.41) is 0. The smallest absolute Gasteiger partial charge is 0.184 e. The van der Waals surface area contributed by atoms with Crippen molar-refractivity contribution >= 4 is 0 Å². The fourth-order valence-corrected chi connectivity index (χ4v) is 0.887. The summed E-state index contributed by atoms with van der Waals surface area (Å²) in [7, 11) is 0. The zero-order chi connectivity index (χ0) is 7.61. The van der Waals surface area contributed by atoms with E-state index in [0.29, 0.717) is 0 Å². The van der Waals surface area contributed by atoms with Crippen molar-refractivity contribution < 1.29 is 22.4 Å². The standard InChI is InChI=1S/C10H13.Au/c1-10(2,3)9-7-5-4-6-8-9;/h5-8H,1-3H3;/q-1;+1. The van der Waals surface area contributed by atoms with Crippen LogP contribution in [0.2, 0.25) is 0 Å². The van der Waals surface area contributed by atoms with Gasteiger partial charge in [0.15, 0.2) is 0 Å². The van der Waals surface area contributed by atoms with E-state index in [1.165, 1.54) is 5.56 Å². The second-order valence-corrected chi connectivity index (χ2v) is 3.54. The Bertz CT molecular complexity index is 196. The molecule has 0 spiro atoms. The summed E-state index contributed by atoms with van der Waals surface area (Å²) in [5.41, 5.74) is 1.64. The quantitative estimate of drug-likeness (QED) is 0.507. The topological polar surface area (TPSA) is 0 Å². The molecule has 0 bridgehead atoms. The Kier molecular flexibility index (Phi) is 4.09. The molecule has 0 saturated carbocycles. The normalized spacial score (nSPS) is 10.5. The summed E-state index contributed by atoms with van der Waals surface area (Å²) in [6.07, 6.45) is 0. The van der Waals surface area contributed by atoms with E-state index >= 15 is 0 Å². The summed E-state index contributed by atoms with van der Waals surface area (Å²) < 4.78 is 0. The zero-order valence-electron chi connectivity index (χ0n) is 7.11. The van der Waals surface area contributed by atoms with E-state index in [0.717, 1.165) is 0 Å². The maximum absolute atomic E-state index is 3.00. The van der Waals surface area contributed by atoms with E-state index in [4.69, 9.17) is 0 Å². The monoisotopic (exact) mass is 330 g/mol. The average molecular weight is 330 g/mol. The first-order valence-corrected chi connectivity index (χ1v) is 3.57. The van der Waals surface area contributed by atoms with E-state index in [1.807, 2.05) is 12.1 Å². The molecular formula is C10H13Au. The molecule has 0 saturated heterocycles. The Balaban J connectivity index is 0.000001000. The second kappa shape index (κ2) is 4.10. The van der Waals surface area contributed by atoms with Crippen molar-refractivity contribution in [3.63, 3.8) is 0 Å². The van der Waals surface area contributed by atoms with Gasteiger partial charge in [-0.05, 0) is 5.41 Å². The number of benzene rings is 1. The molecule has 0 aliphatic heterocycles. The first kappa shape index (κ1) is 11.0. The second-order valence-electron chi connectivity index (χ2n) is 3.54. The molecule has 1 heteroatoms. The van der Waals surface area contributed by atoms with Crippen molar-refractivity contribution in [3.05, 3.63) is 35.9 Å². The third-order valence-electron chi connectivity index (χ3n) is 1.58. The number of hydrogen-bond donors (Lipinski definition) is 0. The van der Waals surface area contributed by atoms with E-state index < -0.39 is 0 Å². The number of hydrogen-bond acceptors (Lipinski definition) is 0. The molecule has 0 unspecified atom stereocenters. The van der Waals surface area contributed by atoms with Crippen LogP contribution in [0, 0.1) is 6.07 Å². The number of rotatable bonds is 0. The summed E-state index contributed by atoms with van der Waals surface area (Å²) in [4.78, 5) is 0. The Hall–Kier alpha value is -0.0397. The molecule has 0 atom stereocenters. The minimum atomic E-state index is 0. The fourth-order valence-electron chi connectivity index (χ4n) is 0.887. The molecule has 1 rings (SSSR count). The maximum atomic E-state index is 3.00. The van der Waals surface area contributed by atoms with Crippen LogP contribution in [0.4, 0.5) is 0 Å². The van der Waals surface area contributed by atoms with Crippen LogP contribution in [0.3, 0.4) is 0 Å². The summed E-state index contributed by atoms with van der Waals surface area (Å²) in [5.74, 6) is 0. The average Bonchev–Trinajstić information content (AvgIpc) is 1.88. The first-order valence-electron chi connectivity index (χ1n) is 3.57. The third-order valence-corrected chi connectivity index (χ3v) is 1.58. The Morgan fingerprint density at radius 1 is 1.09 bits per heavy atom. The van der Waals surface area contributed by atoms with E-state index in [2.05, 4.69) is 39.0 Å². The van der Waals surface area contributed by atoms with Gasteiger partial charge in [-0.2, -0.15) is 35.9 Å². The molecule has 1 aromatic carbocycles. The zero-order valence-corrected chi connectivity index (χ0v) is 9.28. The van der Waals surface area contributed by atoms with Crippen molar-refractivity contribution in [2.45, 2.75) is 26.2 Å². The van der Waals surface area contributed by atoms with Crippen LogP contribution in [0.1, 0.15) is 26.3 Å². The van der Waals surface area contributed by atoms with Gasteiger partial charge >= 0.3 is 22.4 Å². The molecule has 0 amide bonds.